The van der Waals surface area contributed by atoms with Gasteiger partial charge in [-0.25, -0.2) is 9.18 Å². The van der Waals surface area contributed by atoms with Crippen LogP contribution < -0.4 is 9.64 Å². The molecule has 2 aliphatic rings. The minimum atomic E-state index is -1.17. The molecule has 1 N–H and O–H groups in total. The number of pyridine rings is 1. The zero-order valence-corrected chi connectivity index (χ0v) is 25.9. The number of anilines is 1. The quantitative estimate of drug-likeness (QED) is 0.282. The number of ether oxygens (including phenoxy) is 3. The van der Waals surface area contributed by atoms with Crippen molar-refractivity contribution >= 4 is 11.7 Å². The second-order valence-corrected chi connectivity index (χ2v) is 12.7. The highest BCUT2D eigenvalue weighted by atomic mass is 19.1. The topological polar surface area (TPSA) is 81.1 Å². The molecule has 3 heterocycles. The van der Waals surface area contributed by atoms with Crippen molar-refractivity contribution in [1.82, 2.24) is 4.98 Å². The number of hydrogen-bond donors (Lipinski definition) is 1. The average Bonchev–Trinajstić information content (AvgIpc) is 3.41. The highest BCUT2D eigenvalue weighted by molar-refractivity contribution is 5.88. The van der Waals surface area contributed by atoms with E-state index >= 15 is 0 Å². The van der Waals surface area contributed by atoms with Crippen LogP contribution in [0.15, 0.2) is 48.5 Å². The Balaban J connectivity index is 1.49. The maximum absolute atomic E-state index is 13.2. The molecule has 230 valence electrons. The SMILES string of the molecule is Cc1nc(C)c([C@H](OC(C)(C)C)C(=O)O)c(N2CCC3(CCCO3)CC2)c1-c1ccc(OCCc2ccc(F)cc2)cc1. The first kappa shape index (κ1) is 31.0. The number of carboxylic acids is 1. The van der Waals surface area contributed by atoms with Gasteiger partial charge in [-0.3, -0.25) is 4.98 Å². The smallest absolute Gasteiger partial charge is 0.337 e. The Morgan fingerprint density at radius 3 is 2.30 bits per heavy atom. The predicted octanol–water partition coefficient (Wildman–Crippen LogP) is 7.22. The lowest BCUT2D eigenvalue weighted by Crippen LogP contribution is -2.45. The van der Waals surface area contributed by atoms with Gasteiger partial charge < -0.3 is 24.2 Å². The summed E-state index contributed by atoms with van der Waals surface area (Å²) in [6, 6.07) is 14.3. The van der Waals surface area contributed by atoms with Gasteiger partial charge in [0.1, 0.15) is 11.6 Å². The molecule has 2 aromatic carbocycles. The second kappa shape index (κ2) is 12.6. The normalized spacial score (nSPS) is 17.3. The molecule has 1 spiro atoms. The lowest BCUT2D eigenvalue weighted by Gasteiger charge is -2.42. The van der Waals surface area contributed by atoms with Crippen molar-refractivity contribution in [3.8, 4) is 16.9 Å². The molecule has 0 saturated carbocycles. The number of carboxylic acid groups (broad SMARTS) is 1. The van der Waals surface area contributed by atoms with Gasteiger partial charge in [0.15, 0.2) is 6.10 Å². The molecule has 2 aliphatic heterocycles. The fourth-order valence-corrected chi connectivity index (χ4v) is 6.36. The first-order valence-electron chi connectivity index (χ1n) is 15.2. The van der Waals surface area contributed by atoms with Gasteiger partial charge in [0.25, 0.3) is 0 Å². The van der Waals surface area contributed by atoms with Crippen LogP contribution >= 0.6 is 0 Å². The number of aromatic nitrogens is 1. The highest BCUT2D eigenvalue weighted by Gasteiger charge is 2.41. The number of benzene rings is 2. The van der Waals surface area contributed by atoms with Crippen molar-refractivity contribution in [2.24, 2.45) is 0 Å². The molecule has 0 aliphatic carbocycles. The Hall–Kier alpha value is -3.49. The summed E-state index contributed by atoms with van der Waals surface area (Å²) in [5, 5.41) is 10.4. The number of piperidine rings is 1. The van der Waals surface area contributed by atoms with E-state index in [1.165, 1.54) is 12.1 Å². The van der Waals surface area contributed by atoms with E-state index < -0.39 is 17.7 Å². The van der Waals surface area contributed by atoms with Crippen molar-refractivity contribution in [1.29, 1.82) is 0 Å². The highest BCUT2D eigenvalue weighted by Crippen LogP contribution is 2.45. The van der Waals surface area contributed by atoms with Gasteiger partial charge in [0, 0.05) is 48.6 Å². The molecule has 43 heavy (non-hydrogen) atoms. The molecule has 1 atom stereocenters. The lowest BCUT2D eigenvalue weighted by molar-refractivity contribution is -0.160. The number of rotatable bonds is 9. The Morgan fingerprint density at radius 2 is 1.72 bits per heavy atom. The minimum absolute atomic E-state index is 0.0744. The van der Waals surface area contributed by atoms with E-state index in [-0.39, 0.29) is 11.4 Å². The molecule has 7 nitrogen and oxygen atoms in total. The van der Waals surface area contributed by atoms with E-state index in [2.05, 4.69) is 4.90 Å². The number of halogens is 1. The van der Waals surface area contributed by atoms with Crippen LogP contribution in [0.3, 0.4) is 0 Å². The largest absolute Gasteiger partial charge is 0.493 e. The van der Waals surface area contributed by atoms with Gasteiger partial charge in [0.05, 0.1) is 23.5 Å². The van der Waals surface area contributed by atoms with Gasteiger partial charge in [-0.05, 0) is 95.7 Å². The number of carbonyl (C=O) groups is 1. The summed E-state index contributed by atoms with van der Waals surface area (Å²) in [6.07, 6.45) is 3.44. The first-order valence-corrected chi connectivity index (χ1v) is 15.2. The fourth-order valence-electron chi connectivity index (χ4n) is 6.36. The summed E-state index contributed by atoms with van der Waals surface area (Å²) in [4.78, 5) is 19.9. The van der Waals surface area contributed by atoms with Crippen LogP contribution in [0.25, 0.3) is 11.1 Å². The Kier molecular flexibility index (Phi) is 9.09. The van der Waals surface area contributed by atoms with Crippen LogP contribution in [0.4, 0.5) is 10.1 Å². The van der Waals surface area contributed by atoms with Crippen LogP contribution in [-0.4, -0.2) is 53.6 Å². The number of aliphatic carboxylic acids is 1. The summed E-state index contributed by atoms with van der Waals surface area (Å²) in [6.45, 7) is 12.3. The van der Waals surface area contributed by atoms with Crippen LogP contribution in [0.1, 0.15) is 75.1 Å². The van der Waals surface area contributed by atoms with Crippen molar-refractivity contribution in [3.05, 3.63) is 76.9 Å². The molecule has 1 aromatic heterocycles. The molecular weight excluding hydrogens is 547 g/mol. The van der Waals surface area contributed by atoms with Crippen molar-refractivity contribution in [2.45, 2.75) is 84.0 Å². The maximum atomic E-state index is 13.2. The Morgan fingerprint density at radius 1 is 1.05 bits per heavy atom. The molecule has 2 saturated heterocycles. The molecule has 2 fully saturated rings. The Bertz CT molecular complexity index is 1420. The second-order valence-electron chi connectivity index (χ2n) is 12.7. The fraction of sp³-hybridized carbons (Fsp3) is 0.486. The van der Waals surface area contributed by atoms with E-state index in [4.69, 9.17) is 19.2 Å². The van der Waals surface area contributed by atoms with E-state index in [0.29, 0.717) is 24.3 Å². The van der Waals surface area contributed by atoms with Crippen LogP contribution in [-0.2, 0) is 20.7 Å². The van der Waals surface area contributed by atoms with Crippen LogP contribution in [0.5, 0.6) is 5.75 Å². The third-order valence-electron chi connectivity index (χ3n) is 8.43. The van der Waals surface area contributed by atoms with Gasteiger partial charge >= 0.3 is 5.97 Å². The number of nitrogens with zero attached hydrogens (tertiary/aromatic N) is 2. The lowest BCUT2D eigenvalue weighted by atomic mass is 9.86. The van der Waals surface area contributed by atoms with Crippen molar-refractivity contribution in [2.75, 3.05) is 31.2 Å². The van der Waals surface area contributed by atoms with Crippen molar-refractivity contribution < 1.29 is 28.5 Å². The monoisotopic (exact) mass is 590 g/mol. The maximum Gasteiger partial charge on any atom is 0.337 e. The third-order valence-corrected chi connectivity index (χ3v) is 8.43. The molecule has 0 unspecified atom stereocenters. The molecule has 0 radical (unpaired) electrons. The molecule has 8 heteroatoms. The van der Waals surface area contributed by atoms with Gasteiger partial charge in [0.2, 0.25) is 0 Å². The summed E-state index contributed by atoms with van der Waals surface area (Å²) in [5.74, 6) is -0.559. The predicted molar refractivity (Wildman–Crippen MR) is 165 cm³/mol. The number of aryl methyl sites for hydroxylation is 2. The van der Waals surface area contributed by atoms with Crippen LogP contribution in [0.2, 0.25) is 0 Å². The van der Waals surface area contributed by atoms with Gasteiger partial charge in [-0.1, -0.05) is 24.3 Å². The zero-order valence-electron chi connectivity index (χ0n) is 25.9. The molecular formula is C35H43FN2O5. The third kappa shape index (κ3) is 7.19. The molecule has 0 bridgehead atoms. The van der Waals surface area contributed by atoms with E-state index in [0.717, 1.165) is 79.2 Å². The van der Waals surface area contributed by atoms with E-state index in [9.17, 15) is 14.3 Å². The summed E-state index contributed by atoms with van der Waals surface area (Å²) >= 11 is 0. The average molecular weight is 591 g/mol. The van der Waals surface area contributed by atoms with Gasteiger partial charge in [-0.15, -0.1) is 0 Å². The molecule has 5 rings (SSSR count). The van der Waals surface area contributed by atoms with E-state index in [1.54, 1.807) is 12.1 Å². The van der Waals surface area contributed by atoms with Gasteiger partial charge in [-0.2, -0.15) is 0 Å². The van der Waals surface area contributed by atoms with E-state index in [1.807, 2.05) is 58.9 Å². The first-order chi connectivity index (χ1) is 20.4. The molecule has 0 amide bonds. The number of hydrogen-bond acceptors (Lipinski definition) is 6. The summed E-state index contributed by atoms with van der Waals surface area (Å²) in [7, 11) is 0. The zero-order chi connectivity index (χ0) is 30.8. The summed E-state index contributed by atoms with van der Waals surface area (Å²) < 4.78 is 31.6. The standard InChI is InChI=1S/C35H43FN2O5/c1-23-29(26-9-13-28(14-10-26)41-22-15-25-7-11-27(36)12-8-25)31(38-19-17-35(18-20-38)16-6-21-42-35)30(24(2)37-23)32(33(39)40)43-34(3,4)5/h7-14,32H,6,15-22H2,1-5H3,(H,39,40)/t32-/m0/s1. The summed E-state index contributed by atoms with van der Waals surface area (Å²) in [5.41, 5.74) is 5.07. The van der Waals surface area contributed by atoms with Crippen molar-refractivity contribution in [3.63, 3.8) is 0 Å². The van der Waals surface area contributed by atoms with Crippen LogP contribution in [0, 0.1) is 19.7 Å². The molecule has 3 aromatic rings. The minimum Gasteiger partial charge on any atom is -0.493 e. The Labute approximate surface area is 254 Å².